The summed E-state index contributed by atoms with van der Waals surface area (Å²) in [7, 11) is 3.61. The Morgan fingerprint density at radius 1 is 1.23 bits per heavy atom. The summed E-state index contributed by atoms with van der Waals surface area (Å²) in [6, 6.07) is 0. The fraction of sp³-hybridized carbons (Fsp3) is 0.667. The van der Waals surface area contributed by atoms with Gasteiger partial charge in [-0.05, 0) is 13.8 Å². The molecule has 0 spiro atoms. The first-order valence-electron chi connectivity index (χ1n) is 4.30. The van der Waals surface area contributed by atoms with Crippen LogP contribution in [0.2, 0.25) is 0 Å². The van der Waals surface area contributed by atoms with E-state index in [1.54, 1.807) is 25.9 Å². The van der Waals surface area contributed by atoms with Crippen LogP contribution in [0.1, 0.15) is 13.8 Å². The normalized spacial score (nSPS) is 10.9. The molecule has 0 fully saturated rings. The number of nitrogens with zero attached hydrogens (tertiary/aromatic N) is 1. The van der Waals surface area contributed by atoms with E-state index in [0.717, 1.165) is 0 Å². The Morgan fingerprint density at radius 3 is 2.15 bits per heavy atom. The van der Waals surface area contributed by atoms with Crippen LogP contribution >= 0.6 is 0 Å². The number of carbonyl (C=O) groups excluding carboxylic acids is 1. The predicted octanol–water partition coefficient (Wildman–Crippen LogP) is 0.989. The van der Waals surface area contributed by atoms with Crippen LogP contribution in [0.3, 0.4) is 0 Å². The van der Waals surface area contributed by atoms with E-state index < -0.39 is 0 Å². The molecule has 0 amide bonds. The molecule has 0 aliphatic rings. The molecule has 0 saturated heterocycles. The first-order valence-corrected chi connectivity index (χ1v) is 4.30. The Morgan fingerprint density at radius 2 is 1.77 bits per heavy atom. The largest absolute Gasteiger partial charge is 0.479 e. The Balaban J connectivity index is 4.25. The number of hydrogen-bond acceptors (Lipinski definition) is 4. The van der Waals surface area contributed by atoms with Crippen molar-refractivity contribution in [1.29, 1.82) is 0 Å². The van der Waals surface area contributed by atoms with Gasteiger partial charge in [0.1, 0.15) is 0 Å². The van der Waals surface area contributed by atoms with Gasteiger partial charge in [-0.25, -0.2) is 4.79 Å². The lowest BCUT2D eigenvalue weighted by Crippen LogP contribution is -2.16. The lowest BCUT2D eigenvalue weighted by molar-refractivity contribution is -0.137. The molecular weight excluding hydrogens is 170 g/mol. The van der Waals surface area contributed by atoms with Gasteiger partial charge in [-0.15, -0.1) is 0 Å². The molecular formula is C9H17NO3. The van der Waals surface area contributed by atoms with Crippen molar-refractivity contribution in [3.63, 3.8) is 0 Å². The van der Waals surface area contributed by atoms with Crippen molar-refractivity contribution in [2.45, 2.75) is 13.8 Å². The fourth-order valence-corrected chi connectivity index (χ4v) is 0.732. The third-order valence-corrected chi connectivity index (χ3v) is 1.26. The highest BCUT2D eigenvalue weighted by atomic mass is 16.5. The molecule has 0 aromatic heterocycles. The second kappa shape index (κ2) is 6.34. The molecule has 13 heavy (non-hydrogen) atoms. The van der Waals surface area contributed by atoms with E-state index in [0.29, 0.717) is 19.1 Å². The first-order chi connectivity index (χ1) is 6.11. The van der Waals surface area contributed by atoms with Crippen LogP contribution in [0.25, 0.3) is 0 Å². The van der Waals surface area contributed by atoms with Crippen LogP contribution in [0.15, 0.2) is 12.0 Å². The monoisotopic (exact) mass is 187 g/mol. The third-order valence-electron chi connectivity index (χ3n) is 1.26. The molecule has 0 heterocycles. The molecule has 0 radical (unpaired) electrons. The van der Waals surface area contributed by atoms with Gasteiger partial charge in [-0.1, -0.05) is 0 Å². The Hall–Kier alpha value is -1.19. The van der Waals surface area contributed by atoms with Gasteiger partial charge in [0.2, 0.25) is 0 Å². The van der Waals surface area contributed by atoms with Crippen LogP contribution in [0.4, 0.5) is 0 Å². The lowest BCUT2D eigenvalue weighted by Gasteiger charge is -2.16. The van der Waals surface area contributed by atoms with Gasteiger partial charge in [-0.3, -0.25) is 0 Å². The van der Waals surface area contributed by atoms with Crippen LogP contribution in [-0.4, -0.2) is 38.2 Å². The summed E-state index contributed by atoms with van der Waals surface area (Å²) in [6.07, 6.45) is 1.34. The highest BCUT2D eigenvalue weighted by Gasteiger charge is 2.04. The molecule has 0 aromatic carbocycles. The van der Waals surface area contributed by atoms with E-state index in [-0.39, 0.29) is 5.97 Å². The summed E-state index contributed by atoms with van der Waals surface area (Å²) >= 11 is 0. The fourth-order valence-electron chi connectivity index (χ4n) is 0.732. The smallest absolute Gasteiger partial charge is 0.336 e. The maximum atomic E-state index is 11.0. The summed E-state index contributed by atoms with van der Waals surface area (Å²) < 4.78 is 9.95. The van der Waals surface area contributed by atoms with Crippen LogP contribution in [-0.2, 0) is 14.3 Å². The highest BCUT2D eigenvalue weighted by Crippen LogP contribution is 2.00. The second-order valence-electron chi connectivity index (χ2n) is 2.56. The summed E-state index contributed by atoms with van der Waals surface area (Å²) in [4.78, 5) is 12.8. The van der Waals surface area contributed by atoms with Gasteiger partial charge in [0.25, 0.3) is 0 Å². The van der Waals surface area contributed by atoms with Gasteiger partial charge >= 0.3 is 5.97 Å². The number of esters is 1. The molecule has 4 nitrogen and oxygen atoms in total. The summed E-state index contributed by atoms with van der Waals surface area (Å²) in [6.45, 7) is 4.54. The van der Waals surface area contributed by atoms with Crippen molar-refractivity contribution < 1.29 is 14.3 Å². The minimum Gasteiger partial charge on any atom is -0.479 e. The molecule has 0 aliphatic heterocycles. The molecule has 76 valence electrons. The van der Waals surface area contributed by atoms with Gasteiger partial charge < -0.3 is 14.4 Å². The number of rotatable bonds is 5. The van der Waals surface area contributed by atoms with E-state index in [2.05, 4.69) is 0 Å². The molecule has 0 N–H and O–H groups in total. The Labute approximate surface area is 79.1 Å². The predicted molar refractivity (Wildman–Crippen MR) is 50.0 cm³/mol. The van der Waals surface area contributed by atoms with Gasteiger partial charge in [0.05, 0.1) is 19.3 Å². The highest BCUT2D eigenvalue weighted by molar-refractivity contribution is 5.82. The van der Waals surface area contributed by atoms with Crippen LogP contribution < -0.4 is 0 Å². The standard InChI is InChI=1S/C9H17NO3/c1-5-12-8(10(3)4)7-9(11)13-6-2/h7H,5-6H2,1-4H3/b8-7+. The third kappa shape index (κ3) is 5.11. The molecule has 0 saturated carbocycles. The summed E-state index contributed by atoms with van der Waals surface area (Å²) in [5, 5.41) is 0. The molecule has 0 unspecified atom stereocenters. The van der Waals surface area contributed by atoms with E-state index in [4.69, 9.17) is 9.47 Å². The first kappa shape index (κ1) is 11.8. The Bertz CT molecular complexity index is 187. The summed E-state index contributed by atoms with van der Waals surface area (Å²) in [5.74, 6) is 0.139. The quantitative estimate of drug-likeness (QED) is 0.365. The second-order valence-corrected chi connectivity index (χ2v) is 2.56. The van der Waals surface area contributed by atoms with Crippen molar-refractivity contribution >= 4 is 5.97 Å². The molecule has 0 atom stereocenters. The van der Waals surface area contributed by atoms with Crippen LogP contribution in [0.5, 0.6) is 0 Å². The maximum absolute atomic E-state index is 11.0. The van der Waals surface area contributed by atoms with Crippen molar-refractivity contribution in [2.75, 3.05) is 27.3 Å². The van der Waals surface area contributed by atoms with Crippen molar-refractivity contribution in [1.82, 2.24) is 4.90 Å². The number of hydrogen-bond donors (Lipinski definition) is 0. The molecule has 0 rings (SSSR count). The minimum absolute atomic E-state index is 0.375. The van der Waals surface area contributed by atoms with Gasteiger partial charge in [-0.2, -0.15) is 0 Å². The van der Waals surface area contributed by atoms with E-state index >= 15 is 0 Å². The molecule has 4 heteroatoms. The molecule has 0 bridgehead atoms. The zero-order valence-electron chi connectivity index (χ0n) is 8.66. The van der Waals surface area contributed by atoms with E-state index in [1.165, 1.54) is 6.08 Å². The Kier molecular flexibility index (Phi) is 5.76. The number of carbonyl (C=O) groups is 1. The summed E-state index contributed by atoms with van der Waals surface area (Å²) in [5.41, 5.74) is 0. The van der Waals surface area contributed by atoms with Crippen molar-refractivity contribution in [3.8, 4) is 0 Å². The van der Waals surface area contributed by atoms with E-state index in [9.17, 15) is 4.79 Å². The average molecular weight is 187 g/mol. The number of ether oxygens (including phenoxy) is 2. The van der Waals surface area contributed by atoms with Gasteiger partial charge in [0, 0.05) is 14.1 Å². The maximum Gasteiger partial charge on any atom is 0.336 e. The molecule has 0 aromatic rings. The van der Waals surface area contributed by atoms with E-state index in [1.807, 2.05) is 6.92 Å². The van der Waals surface area contributed by atoms with Crippen molar-refractivity contribution in [2.24, 2.45) is 0 Å². The van der Waals surface area contributed by atoms with Gasteiger partial charge in [0.15, 0.2) is 5.88 Å². The average Bonchev–Trinajstić information content (AvgIpc) is 2.04. The zero-order chi connectivity index (χ0) is 10.3. The SMILES string of the molecule is CCOC(=O)/C=C(/OCC)N(C)C. The topological polar surface area (TPSA) is 38.8 Å². The molecule has 0 aliphatic carbocycles. The minimum atomic E-state index is -0.375. The zero-order valence-corrected chi connectivity index (χ0v) is 8.66. The lowest BCUT2D eigenvalue weighted by atomic mass is 10.5. The van der Waals surface area contributed by atoms with Crippen molar-refractivity contribution in [3.05, 3.63) is 12.0 Å². The van der Waals surface area contributed by atoms with Crippen LogP contribution in [0, 0.1) is 0 Å².